The number of rotatable bonds is 9. The lowest BCUT2D eigenvalue weighted by atomic mass is 9.85. The highest BCUT2D eigenvalue weighted by molar-refractivity contribution is 6.17. The minimum Gasteiger partial charge on any atom is -0.485 e. The van der Waals surface area contributed by atoms with E-state index in [1.54, 1.807) is 0 Å². The molecule has 0 saturated carbocycles. The van der Waals surface area contributed by atoms with Gasteiger partial charge in [0.2, 0.25) is 0 Å². The summed E-state index contributed by atoms with van der Waals surface area (Å²) in [6.07, 6.45) is 17.6. The Labute approximate surface area is 470 Å². The van der Waals surface area contributed by atoms with Crippen molar-refractivity contribution in [2.75, 3.05) is 4.90 Å². The Kier molecular flexibility index (Phi) is 11.0. The molecule has 16 rings (SSSR count). The molecule has 4 unspecified atom stereocenters. The number of nitrogens with zero attached hydrogens (tertiary/aromatic N) is 5. The van der Waals surface area contributed by atoms with Crippen molar-refractivity contribution >= 4 is 33.2 Å². The third-order valence-corrected chi connectivity index (χ3v) is 16.8. The van der Waals surface area contributed by atoms with E-state index in [1.807, 2.05) is 6.07 Å². The highest BCUT2D eigenvalue weighted by Crippen LogP contribution is 2.53. The Bertz CT molecular complexity index is 4560. The van der Waals surface area contributed by atoms with Crippen LogP contribution in [-0.2, 0) is 0 Å². The molecule has 12 aromatic rings. The molecule has 2 aromatic heterocycles. The summed E-state index contributed by atoms with van der Waals surface area (Å²) >= 11 is 0. The molecule has 6 nitrogen and oxygen atoms in total. The van der Waals surface area contributed by atoms with Crippen molar-refractivity contribution in [2.24, 2.45) is 0 Å². The summed E-state index contributed by atoms with van der Waals surface area (Å²) in [5.74, 6) is 2.87. The predicted molar refractivity (Wildman–Crippen MR) is 331 cm³/mol. The van der Waals surface area contributed by atoms with E-state index in [2.05, 4.69) is 289 Å². The van der Waals surface area contributed by atoms with Crippen LogP contribution >= 0.6 is 0 Å². The van der Waals surface area contributed by atoms with Crippen LogP contribution in [0, 0.1) is 0 Å². The Morgan fingerprint density at radius 2 is 0.926 bits per heavy atom. The number of fused-ring (bicyclic) bond motifs is 9. The molecular formula is C75H51N5O. The van der Waals surface area contributed by atoms with E-state index in [9.17, 15) is 0 Å². The van der Waals surface area contributed by atoms with Crippen LogP contribution in [0.2, 0.25) is 0 Å². The maximum Gasteiger partial charge on any atom is 0.166 e. The molecule has 0 amide bonds. The topological polar surface area (TPSA) is 56.1 Å². The van der Waals surface area contributed by atoms with Crippen LogP contribution in [0.5, 0.6) is 5.75 Å². The lowest BCUT2D eigenvalue weighted by molar-refractivity contribution is 0.269. The van der Waals surface area contributed by atoms with Crippen LogP contribution in [0.25, 0.3) is 106 Å². The highest BCUT2D eigenvalue weighted by Gasteiger charge is 2.40. The fourth-order valence-electron chi connectivity index (χ4n) is 13.0. The first-order chi connectivity index (χ1) is 40.2. The number of ether oxygens (including phenoxy) is 1. The quantitative estimate of drug-likeness (QED) is 0.144. The standard InChI is InChI=1S/C75H51N5O/c1-5-19-48(20-6-1)51-35-37-52(38-36-51)73-76-74(55-41-42-58-57-27-14-16-34-69(57)81-70(58)47-55)78-75(77-73)63-44-40-54(50-23-9-3-10-24-50)46-68(63)80-66-33-18-30-60(72(66)62-43-39-53(45-67(62)80)49-21-7-2-8-22-49)59-29-17-32-65-71(59)61-28-13-15-31-64(61)79(65)56-25-11-4-12-26-56/h1-47,57,61,64,69H. The van der Waals surface area contributed by atoms with Crippen LogP contribution in [0.3, 0.4) is 0 Å². The zero-order chi connectivity index (χ0) is 53.4. The van der Waals surface area contributed by atoms with Gasteiger partial charge < -0.3 is 14.2 Å². The van der Waals surface area contributed by atoms with Crippen molar-refractivity contribution in [1.82, 2.24) is 19.5 Å². The Morgan fingerprint density at radius 1 is 0.358 bits per heavy atom. The van der Waals surface area contributed by atoms with Gasteiger partial charge in [-0.25, -0.2) is 15.0 Å². The Hall–Kier alpha value is -10.4. The average Bonchev–Trinajstić information content (AvgIpc) is 4.34. The van der Waals surface area contributed by atoms with Crippen LogP contribution in [0.1, 0.15) is 23.0 Å². The molecule has 4 heterocycles. The molecule has 2 aliphatic carbocycles. The normalized spacial score (nSPS) is 17.3. The first kappa shape index (κ1) is 46.6. The van der Waals surface area contributed by atoms with Gasteiger partial charge in [-0.05, 0) is 105 Å². The Morgan fingerprint density at radius 3 is 1.68 bits per heavy atom. The summed E-state index contributed by atoms with van der Waals surface area (Å²) in [6.45, 7) is 0. The summed E-state index contributed by atoms with van der Waals surface area (Å²) < 4.78 is 9.07. The van der Waals surface area contributed by atoms with Gasteiger partial charge in [0.1, 0.15) is 11.9 Å². The fourth-order valence-corrected chi connectivity index (χ4v) is 13.0. The lowest BCUT2D eigenvalue weighted by Gasteiger charge is -2.28. The molecule has 0 N–H and O–H groups in total. The molecule has 0 fully saturated rings. The number of aromatic nitrogens is 4. The van der Waals surface area contributed by atoms with E-state index in [0.29, 0.717) is 17.5 Å². The number of benzene rings is 10. The van der Waals surface area contributed by atoms with E-state index >= 15 is 0 Å². The van der Waals surface area contributed by atoms with Crippen LogP contribution in [-0.4, -0.2) is 31.7 Å². The molecule has 0 radical (unpaired) electrons. The first-order valence-corrected chi connectivity index (χ1v) is 27.9. The zero-order valence-electron chi connectivity index (χ0n) is 44.1. The number of anilines is 2. The van der Waals surface area contributed by atoms with Crippen LogP contribution in [0.4, 0.5) is 11.4 Å². The predicted octanol–water partition coefficient (Wildman–Crippen LogP) is 18.3. The van der Waals surface area contributed by atoms with Crippen molar-refractivity contribution in [2.45, 2.75) is 24.0 Å². The smallest absolute Gasteiger partial charge is 0.166 e. The third kappa shape index (κ3) is 7.90. The lowest BCUT2D eigenvalue weighted by Crippen LogP contribution is -2.28. The van der Waals surface area contributed by atoms with Gasteiger partial charge in [-0.15, -0.1) is 0 Å². The average molecular weight is 1040 g/mol. The molecule has 0 bridgehead atoms. The first-order valence-electron chi connectivity index (χ1n) is 27.9. The SMILES string of the molecule is C1=CC2Oc3cc(-c4nc(-c5ccc(-c6ccccc6)cc5)nc(-c5ccc(-c6ccccc6)cc5-n5c6cc(-c7ccccc7)ccc6c6c(-c7cccc8c7C7C=CC=CC7N8c7ccccc7)cccc65)n4)ccc3C2C=C1. The van der Waals surface area contributed by atoms with E-state index in [1.165, 1.54) is 33.5 Å². The molecule has 4 aliphatic rings. The van der Waals surface area contributed by atoms with Gasteiger partial charge in [-0.2, -0.15) is 0 Å². The van der Waals surface area contributed by atoms with E-state index < -0.39 is 0 Å². The largest absolute Gasteiger partial charge is 0.485 e. The van der Waals surface area contributed by atoms with Crippen molar-refractivity contribution in [1.29, 1.82) is 0 Å². The van der Waals surface area contributed by atoms with E-state index in [4.69, 9.17) is 19.7 Å². The second-order valence-corrected chi connectivity index (χ2v) is 21.3. The second-order valence-electron chi connectivity index (χ2n) is 21.3. The Balaban J connectivity index is 0.949. The van der Waals surface area contributed by atoms with Gasteiger partial charge in [0.05, 0.1) is 22.8 Å². The van der Waals surface area contributed by atoms with Crippen LogP contribution < -0.4 is 9.64 Å². The van der Waals surface area contributed by atoms with Crippen LogP contribution in [0.15, 0.2) is 285 Å². The number of allylic oxidation sites excluding steroid dienone is 4. The van der Waals surface area contributed by atoms with Crippen molar-refractivity contribution in [3.05, 3.63) is 296 Å². The van der Waals surface area contributed by atoms with Gasteiger partial charge in [0.15, 0.2) is 17.5 Å². The highest BCUT2D eigenvalue weighted by atomic mass is 16.5. The molecular weight excluding hydrogens is 987 g/mol. The number of hydrogen-bond acceptors (Lipinski definition) is 5. The molecule has 2 aliphatic heterocycles. The zero-order valence-corrected chi connectivity index (χ0v) is 44.1. The van der Waals surface area contributed by atoms with Gasteiger partial charge in [-0.3, -0.25) is 0 Å². The molecule has 0 spiro atoms. The summed E-state index contributed by atoms with van der Waals surface area (Å²) in [6, 6.07) is 85.3. The van der Waals surface area contributed by atoms with Gasteiger partial charge >= 0.3 is 0 Å². The van der Waals surface area contributed by atoms with Crippen molar-refractivity contribution < 1.29 is 4.74 Å². The van der Waals surface area contributed by atoms with Crippen molar-refractivity contribution in [3.63, 3.8) is 0 Å². The summed E-state index contributed by atoms with van der Waals surface area (Å²) in [7, 11) is 0. The number of hydrogen-bond donors (Lipinski definition) is 0. The molecule has 10 aromatic carbocycles. The van der Waals surface area contributed by atoms with Gasteiger partial charge in [0.25, 0.3) is 0 Å². The summed E-state index contributed by atoms with van der Waals surface area (Å²) in [4.78, 5) is 18.9. The molecule has 0 saturated heterocycles. The maximum absolute atomic E-state index is 6.60. The van der Waals surface area contributed by atoms with Crippen molar-refractivity contribution in [3.8, 4) is 90.1 Å². The minimum atomic E-state index is -0.0438. The molecule has 81 heavy (non-hydrogen) atoms. The molecule has 4 atom stereocenters. The second kappa shape index (κ2) is 19.2. The van der Waals surface area contributed by atoms with E-state index in [0.717, 1.165) is 83.5 Å². The molecule has 6 heteroatoms. The van der Waals surface area contributed by atoms with Gasteiger partial charge in [-0.1, -0.05) is 231 Å². The minimum absolute atomic E-state index is 0.0438. The summed E-state index contributed by atoms with van der Waals surface area (Å²) in [5.41, 5.74) is 19.8. The monoisotopic (exact) mass is 1040 g/mol. The fraction of sp³-hybridized carbons (Fsp3) is 0.0533. The third-order valence-electron chi connectivity index (χ3n) is 16.8. The van der Waals surface area contributed by atoms with Gasteiger partial charge in [0, 0.05) is 56.2 Å². The number of para-hydroxylation sites is 1. The van der Waals surface area contributed by atoms with E-state index in [-0.39, 0.29) is 24.0 Å². The maximum atomic E-state index is 6.60. The molecule has 382 valence electrons. The summed E-state index contributed by atoms with van der Waals surface area (Å²) in [5, 5.41) is 2.34.